The van der Waals surface area contributed by atoms with E-state index in [2.05, 4.69) is 190 Å². The van der Waals surface area contributed by atoms with Gasteiger partial charge in [-0.05, 0) is 191 Å². The van der Waals surface area contributed by atoms with Crippen molar-refractivity contribution >= 4 is 28.1 Å². The van der Waals surface area contributed by atoms with E-state index in [0.29, 0.717) is 24.0 Å². The zero-order valence-corrected chi connectivity index (χ0v) is 52.1. The van der Waals surface area contributed by atoms with Gasteiger partial charge in [0.05, 0.1) is 11.4 Å². The maximum absolute atomic E-state index is 14.7. The van der Waals surface area contributed by atoms with E-state index in [0.717, 1.165) is 47.2 Å². The summed E-state index contributed by atoms with van der Waals surface area (Å²) in [5.41, 5.74) is 20.1. The van der Waals surface area contributed by atoms with Crippen molar-refractivity contribution < 1.29 is 8.78 Å². The van der Waals surface area contributed by atoms with Gasteiger partial charge in [-0.2, -0.15) is 0 Å². The minimum absolute atomic E-state index is 0.0375. The molecule has 3 heteroatoms. The SMILES string of the molecule is C=C(C(=Nc1c(/C(=C/C=C(\C)c2ccc3c(c2)C(CC(CC)CCCC)(CC(CC)CCCC)c2cc(C(C)(C)C)ccc2-3)CCC)ccc(/C(=C/C=C(\C)C(C)(C)C)C(C)CC)c1C)c1ccc(F)cc1)C1C=CC(F)=CC1. The molecule has 4 aromatic rings. The monoisotopic (exact) mass is 1070 g/mol. The van der Waals surface area contributed by atoms with Gasteiger partial charge in [-0.1, -0.05) is 233 Å². The summed E-state index contributed by atoms with van der Waals surface area (Å²) in [7, 11) is 0. The second-order valence-corrected chi connectivity index (χ2v) is 25.8. The second-order valence-electron chi connectivity index (χ2n) is 25.8. The normalized spacial score (nSPS) is 18.6. The van der Waals surface area contributed by atoms with Gasteiger partial charge in [0.25, 0.3) is 0 Å². The first-order valence-corrected chi connectivity index (χ1v) is 30.8. The number of allylic oxidation sites excluding steroid dienone is 13. The molecule has 0 aromatic heterocycles. The molecular formula is C76H101F2N. The summed E-state index contributed by atoms with van der Waals surface area (Å²) in [5, 5.41) is 0. The number of rotatable bonds is 25. The molecule has 0 N–H and O–H groups in total. The molecule has 2 aliphatic carbocycles. The Morgan fingerprint density at radius 1 is 0.709 bits per heavy atom. The molecule has 0 heterocycles. The number of nitrogens with zero attached hydrogens (tertiary/aromatic N) is 1. The molecule has 0 saturated carbocycles. The zero-order chi connectivity index (χ0) is 57.8. The lowest BCUT2D eigenvalue weighted by Gasteiger charge is -2.39. The molecule has 4 atom stereocenters. The third-order valence-corrected chi connectivity index (χ3v) is 18.2. The van der Waals surface area contributed by atoms with Gasteiger partial charge in [0, 0.05) is 22.5 Å². The van der Waals surface area contributed by atoms with E-state index in [1.54, 1.807) is 23.8 Å². The highest BCUT2D eigenvalue weighted by Crippen LogP contribution is 2.57. The van der Waals surface area contributed by atoms with Gasteiger partial charge in [0.15, 0.2) is 0 Å². The Kier molecular flexibility index (Phi) is 22.1. The first-order valence-electron chi connectivity index (χ1n) is 30.8. The van der Waals surface area contributed by atoms with Crippen LogP contribution < -0.4 is 0 Å². The van der Waals surface area contributed by atoms with Crippen molar-refractivity contribution in [1.82, 2.24) is 0 Å². The third kappa shape index (κ3) is 15.1. The number of fused-ring (bicyclic) bond motifs is 3. The fraction of sp³-hybridized carbons (Fsp3) is 0.487. The first kappa shape index (κ1) is 62.8. The Morgan fingerprint density at radius 2 is 1.30 bits per heavy atom. The first-order chi connectivity index (χ1) is 37.5. The van der Waals surface area contributed by atoms with E-state index < -0.39 is 0 Å². The highest BCUT2D eigenvalue weighted by atomic mass is 19.1. The van der Waals surface area contributed by atoms with Crippen molar-refractivity contribution in [2.75, 3.05) is 0 Å². The van der Waals surface area contributed by atoms with Crippen molar-refractivity contribution in [2.24, 2.45) is 34.1 Å². The van der Waals surface area contributed by atoms with Crippen molar-refractivity contribution in [1.29, 1.82) is 0 Å². The second kappa shape index (κ2) is 27.8. The molecule has 424 valence electrons. The lowest BCUT2D eigenvalue weighted by atomic mass is 9.64. The quantitative estimate of drug-likeness (QED) is 0.0463. The van der Waals surface area contributed by atoms with Crippen LogP contribution in [-0.4, -0.2) is 5.71 Å². The predicted molar refractivity (Wildman–Crippen MR) is 344 cm³/mol. The molecule has 0 amide bonds. The van der Waals surface area contributed by atoms with E-state index in [1.165, 1.54) is 138 Å². The van der Waals surface area contributed by atoms with Crippen LogP contribution in [0.3, 0.4) is 0 Å². The van der Waals surface area contributed by atoms with Crippen LogP contribution in [0.2, 0.25) is 0 Å². The van der Waals surface area contributed by atoms with Gasteiger partial charge < -0.3 is 0 Å². The van der Waals surface area contributed by atoms with Crippen LogP contribution >= 0.6 is 0 Å². The van der Waals surface area contributed by atoms with E-state index in [-0.39, 0.29) is 39.7 Å². The van der Waals surface area contributed by atoms with Crippen molar-refractivity contribution in [3.8, 4) is 11.1 Å². The lowest BCUT2D eigenvalue weighted by Crippen LogP contribution is -2.32. The van der Waals surface area contributed by atoms with Crippen LogP contribution in [-0.2, 0) is 10.8 Å². The summed E-state index contributed by atoms with van der Waals surface area (Å²) in [6.07, 6.45) is 30.0. The minimum atomic E-state index is -0.310. The van der Waals surface area contributed by atoms with E-state index >= 15 is 0 Å². The minimum Gasteiger partial charge on any atom is -0.247 e. The van der Waals surface area contributed by atoms with Crippen LogP contribution in [0.5, 0.6) is 0 Å². The summed E-state index contributed by atoms with van der Waals surface area (Å²) in [6, 6.07) is 26.2. The van der Waals surface area contributed by atoms with Crippen molar-refractivity contribution in [3.63, 3.8) is 0 Å². The molecule has 0 bridgehead atoms. The van der Waals surface area contributed by atoms with Crippen LogP contribution in [0.4, 0.5) is 14.5 Å². The summed E-state index contributed by atoms with van der Waals surface area (Å²) in [4.78, 5) is 5.74. The summed E-state index contributed by atoms with van der Waals surface area (Å²) < 4.78 is 29.2. The van der Waals surface area contributed by atoms with E-state index in [1.807, 2.05) is 6.08 Å². The lowest BCUT2D eigenvalue weighted by molar-refractivity contribution is 0.265. The smallest absolute Gasteiger partial charge is 0.123 e. The molecule has 79 heavy (non-hydrogen) atoms. The Morgan fingerprint density at radius 3 is 1.85 bits per heavy atom. The summed E-state index contributed by atoms with van der Waals surface area (Å²) in [6.45, 7) is 41.7. The van der Waals surface area contributed by atoms with Gasteiger partial charge in [0.2, 0.25) is 0 Å². The van der Waals surface area contributed by atoms with Gasteiger partial charge in [0.1, 0.15) is 11.6 Å². The molecule has 6 rings (SSSR count). The molecule has 4 aromatic carbocycles. The summed E-state index contributed by atoms with van der Waals surface area (Å²) in [5.74, 6) is 0.859. The Bertz CT molecular complexity index is 2940. The average Bonchev–Trinajstić information content (AvgIpc) is 3.97. The maximum atomic E-state index is 14.7. The molecule has 2 aliphatic rings. The number of hydrogen-bond acceptors (Lipinski definition) is 1. The average molecular weight is 1070 g/mol. The van der Waals surface area contributed by atoms with Crippen LogP contribution in [0.25, 0.3) is 27.8 Å². The van der Waals surface area contributed by atoms with Gasteiger partial charge in [-0.15, -0.1) is 0 Å². The van der Waals surface area contributed by atoms with Crippen LogP contribution in [0, 0.1) is 41.8 Å². The van der Waals surface area contributed by atoms with E-state index in [9.17, 15) is 8.78 Å². The molecule has 0 radical (unpaired) electrons. The Balaban J connectivity index is 1.61. The molecule has 4 unspecified atom stereocenters. The Labute approximate surface area is 480 Å². The topological polar surface area (TPSA) is 12.4 Å². The highest BCUT2D eigenvalue weighted by Gasteiger charge is 2.46. The van der Waals surface area contributed by atoms with Gasteiger partial charge >= 0.3 is 0 Å². The molecule has 0 fully saturated rings. The largest absolute Gasteiger partial charge is 0.247 e. The fourth-order valence-corrected chi connectivity index (χ4v) is 12.2. The molecule has 0 saturated heterocycles. The van der Waals surface area contributed by atoms with Crippen LogP contribution in [0.1, 0.15) is 238 Å². The standard InChI is InChI=1S/C76H101F2N/c1-18-24-27-56(22-5)49-76(50-57(23-6)28-25-19-2)70-47-61(36-43-68(70)69-44-37-62(48-71(69)76)75(15,16)17)52(8)29-31-59(26-20-3)67-46-45-66(65(51(7)21-4)42-30-53(9)74(12,13)14)55(11)73(67)79-72(60-34-40-64(78)41-35-60)54(10)58-32-38-63(77)39-33-58/h29-32,34-48,51,56-58H,10,18-28,33,49-50H2,1-9,11-17H3/b52-29+,53-30+,59-31+,65-42+,79-72?. The molecule has 0 spiro atoms. The molecule has 1 nitrogen and oxygen atoms in total. The highest BCUT2D eigenvalue weighted by molar-refractivity contribution is 6.14. The van der Waals surface area contributed by atoms with Gasteiger partial charge in [-0.25, -0.2) is 13.8 Å². The predicted octanol–water partition coefficient (Wildman–Crippen LogP) is 23.7. The Hall–Kier alpha value is -5.41. The van der Waals surface area contributed by atoms with Gasteiger partial charge in [-0.3, -0.25) is 0 Å². The number of halogens is 2. The third-order valence-electron chi connectivity index (χ3n) is 18.2. The number of unbranched alkanes of at least 4 members (excludes halogenated alkanes) is 2. The number of hydrogen-bond donors (Lipinski definition) is 0. The molecular weight excluding hydrogens is 965 g/mol. The zero-order valence-electron chi connectivity index (χ0n) is 52.1. The molecule has 0 aliphatic heterocycles. The fourth-order valence-electron chi connectivity index (χ4n) is 12.2. The van der Waals surface area contributed by atoms with E-state index in [4.69, 9.17) is 4.99 Å². The maximum Gasteiger partial charge on any atom is 0.123 e. The van der Waals surface area contributed by atoms with Crippen molar-refractivity contribution in [3.05, 3.63) is 189 Å². The number of benzene rings is 4. The van der Waals surface area contributed by atoms with Crippen molar-refractivity contribution in [2.45, 2.75) is 212 Å². The summed E-state index contributed by atoms with van der Waals surface area (Å²) >= 11 is 0. The number of aliphatic imine (C=N–C) groups is 1. The van der Waals surface area contributed by atoms with Crippen LogP contribution in [0.15, 0.2) is 144 Å².